The van der Waals surface area contributed by atoms with Gasteiger partial charge in [-0.15, -0.1) is 0 Å². The van der Waals surface area contributed by atoms with Crippen LogP contribution < -0.4 is 16.0 Å². The van der Waals surface area contributed by atoms with Crippen molar-refractivity contribution in [1.29, 1.82) is 0 Å². The van der Waals surface area contributed by atoms with Crippen molar-refractivity contribution in [2.24, 2.45) is 0 Å². The average molecular weight is 189 g/mol. The summed E-state index contributed by atoms with van der Waals surface area (Å²) in [5, 5.41) is 3.52. The van der Waals surface area contributed by atoms with E-state index in [9.17, 15) is 0 Å². The Morgan fingerprint density at radius 2 is 2.00 bits per heavy atom. The Kier molecular flexibility index (Phi) is 1.67. The zero-order valence-electron chi connectivity index (χ0n) is 8.11. The van der Waals surface area contributed by atoms with Gasteiger partial charge in [0, 0.05) is 36.5 Å². The molecule has 3 heterocycles. The molecule has 2 bridgehead atoms. The fraction of sp³-hybridized carbons (Fsp3) is 0.455. The number of nitrogens with zero attached hydrogens (tertiary/aromatic N) is 1. The lowest BCUT2D eigenvalue weighted by Crippen LogP contribution is -2.67. The zero-order chi connectivity index (χ0) is 9.54. The molecule has 14 heavy (non-hydrogen) atoms. The van der Waals surface area contributed by atoms with E-state index < -0.39 is 0 Å². The van der Waals surface area contributed by atoms with Gasteiger partial charge < -0.3 is 16.0 Å². The lowest BCUT2D eigenvalue weighted by Gasteiger charge is -2.49. The molecule has 3 N–H and O–H groups in total. The van der Waals surface area contributed by atoms with Gasteiger partial charge in [-0.25, -0.2) is 0 Å². The van der Waals surface area contributed by atoms with Crippen LogP contribution in [0.15, 0.2) is 24.3 Å². The molecule has 0 aliphatic carbocycles. The molecule has 0 aromatic heterocycles. The van der Waals surface area contributed by atoms with E-state index in [1.165, 1.54) is 12.1 Å². The van der Waals surface area contributed by atoms with Crippen molar-refractivity contribution in [3.63, 3.8) is 0 Å². The summed E-state index contributed by atoms with van der Waals surface area (Å²) in [7, 11) is 0. The lowest BCUT2D eigenvalue weighted by molar-refractivity contribution is 0.226. The van der Waals surface area contributed by atoms with Gasteiger partial charge in [-0.2, -0.15) is 0 Å². The van der Waals surface area contributed by atoms with E-state index in [1.54, 1.807) is 0 Å². The van der Waals surface area contributed by atoms with Gasteiger partial charge in [0.05, 0.1) is 0 Å². The smallest absolute Gasteiger partial charge is 0.0387 e. The summed E-state index contributed by atoms with van der Waals surface area (Å²) in [6.07, 6.45) is 1.35. The number of piperidine rings is 1. The minimum Gasteiger partial charge on any atom is -0.399 e. The van der Waals surface area contributed by atoms with Crippen LogP contribution in [0.1, 0.15) is 6.42 Å². The third-order valence-electron chi connectivity index (χ3n) is 3.16. The summed E-state index contributed by atoms with van der Waals surface area (Å²) in [5.74, 6) is 0. The molecule has 1 aromatic carbocycles. The SMILES string of the molecule is Nc1cccc(N2CC3CC(C2)N3)c1. The largest absolute Gasteiger partial charge is 0.399 e. The molecule has 3 aliphatic rings. The maximum atomic E-state index is 5.77. The van der Waals surface area contributed by atoms with Crippen molar-refractivity contribution in [3.05, 3.63) is 24.3 Å². The molecule has 4 rings (SSSR count). The van der Waals surface area contributed by atoms with Gasteiger partial charge >= 0.3 is 0 Å². The molecular formula is C11H15N3. The van der Waals surface area contributed by atoms with Gasteiger partial charge in [0.15, 0.2) is 0 Å². The molecule has 2 atom stereocenters. The molecule has 0 saturated carbocycles. The first-order valence-electron chi connectivity index (χ1n) is 5.18. The van der Waals surface area contributed by atoms with Crippen molar-refractivity contribution < 1.29 is 0 Å². The van der Waals surface area contributed by atoms with E-state index in [2.05, 4.69) is 22.3 Å². The highest BCUT2D eigenvalue weighted by atomic mass is 15.3. The predicted octanol–water partition coefficient (Wildman–Crippen LogP) is 0.819. The third kappa shape index (κ3) is 1.24. The first kappa shape index (κ1) is 8.12. The summed E-state index contributed by atoms with van der Waals surface area (Å²) in [5.41, 5.74) is 7.89. The van der Waals surface area contributed by atoms with Crippen molar-refractivity contribution in [3.8, 4) is 0 Å². The number of hydrogen-bond donors (Lipinski definition) is 2. The summed E-state index contributed by atoms with van der Waals surface area (Å²) >= 11 is 0. The summed E-state index contributed by atoms with van der Waals surface area (Å²) in [6.45, 7) is 2.25. The highest BCUT2D eigenvalue weighted by Crippen LogP contribution is 2.26. The number of piperazine rings is 1. The standard InChI is InChI=1S/C11H15N3/c12-8-2-1-3-11(4-8)14-6-9-5-10(7-14)13-9/h1-4,9-10,13H,5-7,12H2. The Morgan fingerprint density at radius 3 is 2.64 bits per heavy atom. The van der Waals surface area contributed by atoms with Gasteiger partial charge in [-0.05, 0) is 24.6 Å². The van der Waals surface area contributed by atoms with Gasteiger partial charge in [0.25, 0.3) is 0 Å². The second-order valence-electron chi connectivity index (χ2n) is 4.30. The van der Waals surface area contributed by atoms with Crippen LogP contribution in [0.3, 0.4) is 0 Å². The number of nitrogens with two attached hydrogens (primary N) is 1. The Labute approximate surface area is 83.9 Å². The van der Waals surface area contributed by atoms with Crippen molar-refractivity contribution in [2.45, 2.75) is 18.5 Å². The van der Waals surface area contributed by atoms with Crippen LogP contribution in [-0.2, 0) is 0 Å². The minimum absolute atomic E-state index is 0.704. The molecule has 74 valence electrons. The van der Waals surface area contributed by atoms with Crippen molar-refractivity contribution in [1.82, 2.24) is 5.32 Å². The van der Waals surface area contributed by atoms with E-state index >= 15 is 0 Å². The number of fused-ring (bicyclic) bond motifs is 2. The summed E-state index contributed by atoms with van der Waals surface area (Å²) in [4.78, 5) is 2.42. The highest BCUT2D eigenvalue weighted by molar-refractivity contribution is 5.56. The number of nitrogen functional groups attached to an aromatic ring is 1. The van der Waals surface area contributed by atoms with Crippen LogP contribution in [0, 0.1) is 0 Å². The normalized spacial score (nSPS) is 29.9. The monoisotopic (exact) mass is 189 g/mol. The van der Waals surface area contributed by atoms with Gasteiger partial charge in [-0.3, -0.25) is 0 Å². The van der Waals surface area contributed by atoms with Crippen molar-refractivity contribution in [2.75, 3.05) is 23.7 Å². The van der Waals surface area contributed by atoms with Crippen LogP contribution in [0.2, 0.25) is 0 Å². The maximum absolute atomic E-state index is 5.77. The van der Waals surface area contributed by atoms with Crippen LogP contribution in [0.25, 0.3) is 0 Å². The second kappa shape index (κ2) is 2.89. The van der Waals surface area contributed by atoms with Crippen molar-refractivity contribution >= 4 is 11.4 Å². The molecule has 0 radical (unpaired) electrons. The molecule has 2 unspecified atom stereocenters. The van der Waals surface area contributed by atoms with E-state index in [4.69, 9.17) is 5.73 Å². The summed E-state index contributed by atoms with van der Waals surface area (Å²) in [6, 6.07) is 9.57. The minimum atomic E-state index is 0.704. The molecule has 0 amide bonds. The second-order valence-corrected chi connectivity index (χ2v) is 4.30. The van der Waals surface area contributed by atoms with E-state index in [0.717, 1.165) is 18.8 Å². The van der Waals surface area contributed by atoms with Crippen LogP contribution in [0.4, 0.5) is 11.4 Å². The van der Waals surface area contributed by atoms with E-state index in [1.807, 2.05) is 12.1 Å². The van der Waals surface area contributed by atoms with Gasteiger partial charge in [-0.1, -0.05) is 6.07 Å². The highest BCUT2D eigenvalue weighted by Gasteiger charge is 2.36. The molecule has 3 heteroatoms. The first-order chi connectivity index (χ1) is 6.81. The fourth-order valence-electron chi connectivity index (χ4n) is 2.45. The predicted molar refractivity (Wildman–Crippen MR) is 58.4 cm³/mol. The molecule has 3 fully saturated rings. The Morgan fingerprint density at radius 1 is 1.29 bits per heavy atom. The Balaban J connectivity index is 1.82. The topological polar surface area (TPSA) is 41.3 Å². The quantitative estimate of drug-likeness (QED) is 0.643. The lowest BCUT2D eigenvalue weighted by atomic mass is 9.91. The van der Waals surface area contributed by atoms with Crippen LogP contribution in [-0.4, -0.2) is 25.2 Å². The van der Waals surface area contributed by atoms with Crippen LogP contribution in [0.5, 0.6) is 0 Å². The Hall–Kier alpha value is -1.22. The number of benzene rings is 1. The number of rotatable bonds is 1. The number of hydrogen-bond acceptors (Lipinski definition) is 3. The van der Waals surface area contributed by atoms with E-state index in [0.29, 0.717) is 12.1 Å². The third-order valence-corrected chi connectivity index (χ3v) is 3.16. The average Bonchev–Trinajstić information content (AvgIpc) is 2.17. The molecule has 3 nitrogen and oxygen atoms in total. The maximum Gasteiger partial charge on any atom is 0.0387 e. The molecular weight excluding hydrogens is 174 g/mol. The first-order valence-corrected chi connectivity index (χ1v) is 5.18. The van der Waals surface area contributed by atoms with E-state index in [-0.39, 0.29) is 0 Å². The fourth-order valence-corrected chi connectivity index (χ4v) is 2.45. The molecule has 3 aliphatic heterocycles. The van der Waals surface area contributed by atoms with Gasteiger partial charge in [0.2, 0.25) is 0 Å². The number of nitrogens with one attached hydrogen (secondary N) is 1. The number of anilines is 2. The Bertz CT molecular complexity index is 334. The molecule has 1 aromatic rings. The molecule has 3 saturated heterocycles. The van der Waals surface area contributed by atoms with Gasteiger partial charge in [0.1, 0.15) is 0 Å². The van der Waals surface area contributed by atoms with Crippen LogP contribution >= 0.6 is 0 Å². The zero-order valence-corrected chi connectivity index (χ0v) is 8.11. The molecule has 0 spiro atoms. The summed E-state index contributed by atoms with van der Waals surface area (Å²) < 4.78 is 0.